The molecule has 0 aliphatic carbocycles. The van der Waals surface area contributed by atoms with E-state index in [9.17, 15) is 22.0 Å². The van der Waals surface area contributed by atoms with Crippen LogP contribution in [0.3, 0.4) is 0 Å². The zero-order valence-electron chi connectivity index (χ0n) is 16.3. The first-order chi connectivity index (χ1) is 15.3. The number of halogens is 5. The lowest BCUT2D eigenvalue weighted by Gasteiger charge is -2.11. The summed E-state index contributed by atoms with van der Waals surface area (Å²) in [5.74, 6) is 0.625. The minimum Gasteiger partial charge on any atom is -0.340 e. The van der Waals surface area contributed by atoms with Crippen LogP contribution in [0, 0.1) is 0 Å². The average molecular weight is 442 g/mol. The minimum absolute atomic E-state index is 0.0300. The standard InChI is InChI=1S/C23H15F5N4/c24-21(25)19-13-18(14-7-9-16(10-8-14)23(26,27)28)31-22(32-19)15-4-3-5-17(12-15)30-20-6-1-2-11-29-20/h1-13,21H,(H,29,30). The Morgan fingerprint density at radius 1 is 0.781 bits per heavy atom. The van der Waals surface area contributed by atoms with Gasteiger partial charge in [-0.1, -0.05) is 30.3 Å². The first kappa shape index (κ1) is 21.4. The molecule has 0 aliphatic rings. The van der Waals surface area contributed by atoms with Crippen LogP contribution in [0.1, 0.15) is 17.7 Å². The summed E-state index contributed by atoms with van der Waals surface area (Å²) in [4.78, 5) is 12.4. The zero-order chi connectivity index (χ0) is 22.7. The third-order valence-electron chi connectivity index (χ3n) is 4.54. The van der Waals surface area contributed by atoms with E-state index >= 15 is 0 Å². The van der Waals surface area contributed by atoms with Gasteiger partial charge in [0, 0.05) is 23.0 Å². The van der Waals surface area contributed by atoms with Gasteiger partial charge in [-0.05, 0) is 42.5 Å². The Labute approximate surface area is 179 Å². The van der Waals surface area contributed by atoms with Gasteiger partial charge in [0.15, 0.2) is 5.82 Å². The summed E-state index contributed by atoms with van der Waals surface area (Å²) < 4.78 is 65.5. The van der Waals surface area contributed by atoms with Crippen LogP contribution >= 0.6 is 0 Å². The third kappa shape index (κ3) is 4.88. The van der Waals surface area contributed by atoms with Crippen LogP contribution in [0.2, 0.25) is 0 Å². The van der Waals surface area contributed by atoms with Crippen molar-refractivity contribution < 1.29 is 22.0 Å². The normalized spacial score (nSPS) is 11.6. The monoisotopic (exact) mass is 442 g/mol. The number of anilines is 2. The molecule has 4 aromatic rings. The van der Waals surface area contributed by atoms with Crippen LogP contribution in [-0.2, 0) is 6.18 Å². The fourth-order valence-electron chi connectivity index (χ4n) is 3.01. The Morgan fingerprint density at radius 2 is 1.56 bits per heavy atom. The smallest absolute Gasteiger partial charge is 0.340 e. The molecule has 32 heavy (non-hydrogen) atoms. The van der Waals surface area contributed by atoms with Crippen LogP contribution in [0.15, 0.2) is 79.0 Å². The molecule has 1 N–H and O–H groups in total. The second kappa shape index (κ2) is 8.70. The number of nitrogens with one attached hydrogen (secondary N) is 1. The predicted octanol–water partition coefficient (Wildman–Crippen LogP) is 6.91. The summed E-state index contributed by atoms with van der Waals surface area (Å²) in [6.07, 6.45) is -5.75. The van der Waals surface area contributed by atoms with Crippen molar-refractivity contribution >= 4 is 11.5 Å². The van der Waals surface area contributed by atoms with Gasteiger partial charge in [-0.25, -0.2) is 23.7 Å². The number of nitrogens with zero attached hydrogens (tertiary/aromatic N) is 3. The maximum atomic E-state index is 13.5. The number of hydrogen-bond donors (Lipinski definition) is 1. The van der Waals surface area contributed by atoms with E-state index in [2.05, 4.69) is 20.3 Å². The first-order valence-corrected chi connectivity index (χ1v) is 9.43. The molecule has 0 amide bonds. The van der Waals surface area contributed by atoms with Gasteiger partial charge in [0.05, 0.1) is 11.3 Å². The Balaban J connectivity index is 1.72. The molecule has 0 fully saturated rings. The topological polar surface area (TPSA) is 50.7 Å². The number of benzene rings is 2. The molecular weight excluding hydrogens is 427 g/mol. The Bertz CT molecular complexity index is 1210. The summed E-state index contributed by atoms with van der Waals surface area (Å²) in [7, 11) is 0. The van der Waals surface area contributed by atoms with E-state index in [0.717, 1.165) is 18.2 Å². The minimum atomic E-state index is -4.50. The molecule has 0 radical (unpaired) electrons. The van der Waals surface area contributed by atoms with Gasteiger partial charge in [0.2, 0.25) is 0 Å². The van der Waals surface area contributed by atoms with Crippen molar-refractivity contribution in [2.45, 2.75) is 12.6 Å². The zero-order valence-corrected chi connectivity index (χ0v) is 16.3. The fraction of sp³-hybridized carbons (Fsp3) is 0.0870. The maximum Gasteiger partial charge on any atom is 0.416 e. The molecule has 2 aromatic carbocycles. The van der Waals surface area contributed by atoms with E-state index in [0.29, 0.717) is 17.1 Å². The van der Waals surface area contributed by atoms with Crippen LogP contribution in [-0.4, -0.2) is 15.0 Å². The molecular formula is C23H15F5N4. The highest BCUT2D eigenvalue weighted by atomic mass is 19.4. The Kier molecular flexibility index (Phi) is 5.81. The first-order valence-electron chi connectivity index (χ1n) is 9.43. The van der Waals surface area contributed by atoms with Crippen molar-refractivity contribution in [1.82, 2.24) is 15.0 Å². The van der Waals surface area contributed by atoms with E-state index in [-0.39, 0.29) is 17.1 Å². The molecule has 0 atom stereocenters. The van der Waals surface area contributed by atoms with E-state index < -0.39 is 23.9 Å². The van der Waals surface area contributed by atoms with Gasteiger partial charge in [0.25, 0.3) is 6.43 Å². The van der Waals surface area contributed by atoms with Gasteiger partial charge < -0.3 is 5.32 Å². The maximum absolute atomic E-state index is 13.5. The van der Waals surface area contributed by atoms with Crippen molar-refractivity contribution in [3.63, 3.8) is 0 Å². The number of aromatic nitrogens is 3. The molecule has 4 nitrogen and oxygen atoms in total. The lowest BCUT2D eigenvalue weighted by molar-refractivity contribution is -0.137. The van der Waals surface area contributed by atoms with Gasteiger partial charge in [-0.3, -0.25) is 0 Å². The Hall–Kier alpha value is -3.88. The van der Waals surface area contributed by atoms with Crippen molar-refractivity contribution in [2.75, 3.05) is 5.32 Å². The molecule has 0 saturated heterocycles. The van der Waals surface area contributed by atoms with E-state index in [1.165, 1.54) is 12.1 Å². The van der Waals surface area contributed by atoms with Crippen LogP contribution in [0.25, 0.3) is 22.6 Å². The molecule has 0 spiro atoms. The highest BCUT2D eigenvalue weighted by molar-refractivity contribution is 5.69. The van der Waals surface area contributed by atoms with Gasteiger partial charge in [-0.15, -0.1) is 0 Å². The molecule has 2 heterocycles. The Morgan fingerprint density at radius 3 is 2.22 bits per heavy atom. The molecule has 9 heteroatoms. The summed E-state index contributed by atoms with van der Waals surface area (Å²) in [5, 5.41) is 3.10. The van der Waals surface area contributed by atoms with Gasteiger partial charge in [0.1, 0.15) is 11.5 Å². The number of rotatable bonds is 5. The van der Waals surface area contributed by atoms with Crippen LogP contribution < -0.4 is 5.32 Å². The summed E-state index contributed by atoms with van der Waals surface area (Å²) in [5.41, 5.74) is 0.115. The highest BCUT2D eigenvalue weighted by Gasteiger charge is 2.30. The van der Waals surface area contributed by atoms with Gasteiger partial charge >= 0.3 is 6.18 Å². The summed E-state index contributed by atoms with van der Waals surface area (Å²) in [6, 6.07) is 17.4. The third-order valence-corrected chi connectivity index (χ3v) is 4.54. The predicted molar refractivity (Wildman–Crippen MR) is 110 cm³/mol. The van der Waals surface area contributed by atoms with Crippen LogP contribution in [0.4, 0.5) is 33.5 Å². The lowest BCUT2D eigenvalue weighted by atomic mass is 10.1. The fourth-order valence-corrected chi connectivity index (χ4v) is 3.01. The number of pyridine rings is 1. The highest BCUT2D eigenvalue weighted by Crippen LogP contribution is 2.32. The van der Waals surface area contributed by atoms with E-state index in [4.69, 9.17) is 0 Å². The molecule has 0 saturated carbocycles. The van der Waals surface area contributed by atoms with Gasteiger partial charge in [-0.2, -0.15) is 13.2 Å². The molecule has 0 unspecified atom stereocenters. The number of hydrogen-bond acceptors (Lipinski definition) is 4. The molecule has 162 valence electrons. The summed E-state index contributed by atoms with van der Waals surface area (Å²) in [6.45, 7) is 0. The molecule has 0 bridgehead atoms. The van der Waals surface area contributed by atoms with Crippen LogP contribution in [0.5, 0.6) is 0 Å². The van der Waals surface area contributed by atoms with Crippen molar-refractivity contribution in [3.8, 4) is 22.6 Å². The van der Waals surface area contributed by atoms with Crippen molar-refractivity contribution in [3.05, 3.63) is 90.3 Å². The molecule has 2 aromatic heterocycles. The average Bonchev–Trinajstić information content (AvgIpc) is 2.79. The van der Waals surface area contributed by atoms with E-state index in [1.54, 1.807) is 42.6 Å². The quantitative estimate of drug-likeness (QED) is 0.342. The lowest BCUT2D eigenvalue weighted by Crippen LogP contribution is -2.04. The SMILES string of the molecule is FC(F)c1cc(-c2ccc(C(F)(F)F)cc2)nc(-c2cccc(Nc3ccccn3)c2)n1. The van der Waals surface area contributed by atoms with E-state index in [1.807, 2.05) is 6.07 Å². The largest absolute Gasteiger partial charge is 0.416 e. The number of alkyl halides is 5. The van der Waals surface area contributed by atoms with Crippen molar-refractivity contribution in [2.24, 2.45) is 0 Å². The molecule has 0 aliphatic heterocycles. The second-order valence-electron chi connectivity index (χ2n) is 6.80. The molecule has 4 rings (SSSR count). The second-order valence-corrected chi connectivity index (χ2v) is 6.80. The van der Waals surface area contributed by atoms with Crippen molar-refractivity contribution in [1.29, 1.82) is 0 Å². The summed E-state index contributed by atoms with van der Waals surface area (Å²) >= 11 is 0.